The van der Waals surface area contributed by atoms with Crippen LogP contribution in [0.2, 0.25) is 0 Å². The van der Waals surface area contributed by atoms with E-state index in [9.17, 15) is 9.90 Å². The molecule has 2 rings (SSSR count). The molecule has 1 fully saturated rings. The van der Waals surface area contributed by atoms with Gasteiger partial charge in [0.1, 0.15) is 0 Å². The van der Waals surface area contributed by atoms with Crippen molar-refractivity contribution in [2.75, 3.05) is 33.2 Å². The second-order valence-electron chi connectivity index (χ2n) is 6.24. The highest BCUT2D eigenvalue weighted by Crippen LogP contribution is 2.19. The van der Waals surface area contributed by atoms with Crippen molar-refractivity contribution in [3.05, 3.63) is 22.4 Å². The minimum absolute atomic E-state index is 0.101. The number of carbonyl (C=O) groups is 1. The summed E-state index contributed by atoms with van der Waals surface area (Å²) in [7, 11) is 1.71. The van der Waals surface area contributed by atoms with Gasteiger partial charge >= 0.3 is 6.03 Å². The van der Waals surface area contributed by atoms with Crippen molar-refractivity contribution < 1.29 is 9.90 Å². The summed E-state index contributed by atoms with van der Waals surface area (Å²) >= 11 is 1.80. The molecule has 2 N–H and O–H groups in total. The van der Waals surface area contributed by atoms with E-state index in [2.05, 4.69) is 27.7 Å². The minimum atomic E-state index is -0.494. The quantitative estimate of drug-likeness (QED) is 0.841. The molecular formula is C16H27N3O2S. The van der Waals surface area contributed by atoms with Gasteiger partial charge in [-0.05, 0) is 43.7 Å². The number of thiophene rings is 1. The number of nitrogens with zero attached hydrogens (tertiary/aromatic N) is 2. The lowest BCUT2D eigenvalue weighted by molar-refractivity contribution is 0.139. The maximum Gasteiger partial charge on any atom is 0.317 e. The van der Waals surface area contributed by atoms with Crippen LogP contribution >= 0.6 is 11.3 Å². The first-order valence-corrected chi connectivity index (χ1v) is 8.84. The van der Waals surface area contributed by atoms with E-state index in [-0.39, 0.29) is 6.03 Å². The Kier molecular flexibility index (Phi) is 6.67. The van der Waals surface area contributed by atoms with Crippen LogP contribution in [-0.4, -0.2) is 60.3 Å². The van der Waals surface area contributed by atoms with Crippen LogP contribution in [0.25, 0.3) is 0 Å². The highest BCUT2D eigenvalue weighted by atomic mass is 32.1. The number of aliphatic hydroxyl groups excluding tert-OH is 1. The predicted molar refractivity (Wildman–Crippen MR) is 90.0 cm³/mol. The van der Waals surface area contributed by atoms with Gasteiger partial charge in [-0.15, -0.1) is 11.3 Å². The molecule has 124 valence electrons. The fourth-order valence-electron chi connectivity index (χ4n) is 2.93. The number of hydrogen-bond donors (Lipinski definition) is 2. The Bertz CT molecular complexity index is 450. The van der Waals surface area contributed by atoms with E-state index in [0.717, 1.165) is 19.6 Å². The van der Waals surface area contributed by atoms with Gasteiger partial charge in [-0.3, -0.25) is 4.90 Å². The average molecular weight is 325 g/mol. The molecule has 6 heteroatoms. The van der Waals surface area contributed by atoms with Gasteiger partial charge in [0, 0.05) is 38.1 Å². The predicted octanol–water partition coefficient (Wildman–Crippen LogP) is 1.98. The molecule has 0 spiro atoms. The van der Waals surface area contributed by atoms with Gasteiger partial charge in [0.25, 0.3) is 0 Å². The van der Waals surface area contributed by atoms with Gasteiger partial charge in [0.15, 0.2) is 0 Å². The zero-order valence-electron chi connectivity index (χ0n) is 13.5. The molecule has 1 aromatic rings. The van der Waals surface area contributed by atoms with E-state index < -0.39 is 6.10 Å². The number of nitrogens with one attached hydrogen (secondary N) is 1. The highest BCUT2D eigenvalue weighted by Gasteiger charge is 2.21. The summed E-state index contributed by atoms with van der Waals surface area (Å²) in [5.41, 5.74) is 0. The molecule has 2 unspecified atom stereocenters. The minimum Gasteiger partial charge on any atom is -0.392 e. The number of likely N-dealkylation sites (tertiary alicyclic amines) is 1. The Morgan fingerprint density at radius 2 is 2.45 bits per heavy atom. The molecule has 1 saturated heterocycles. The molecule has 5 nitrogen and oxygen atoms in total. The fraction of sp³-hybridized carbons (Fsp3) is 0.688. The monoisotopic (exact) mass is 325 g/mol. The molecule has 22 heavy (non-hydrogen) atoms. The zero-order valence-corrected chi connectivity index (χ0v) is 14.3. The van der Waals surface area contributed by atoms with Crippen molar-refractivity contribution in [1.29, 1.82) is 0 Å². The lowest BCUT2D eigenvalue weighted by atomic mass is 9.98. The molecule has 0 radical (unpaired) electrons. The third-order valence-corrected chi connectivity index (χ3v) is 4.85. The summed E-state index contributed by atoms with van der Waals surface area (Å²) in [4.78, 5) is 17.4. The molecule has 1 aromatic heterocycles. The third-order valence-electron chi connectivity index (χ3n) is 3.99. The molecule has 2 amide bonds. The number of amides is 2. The smallest absolute Gasteiger partial charge is 0.317 e. The van der Waals surface area contributed by atoms with Gasteiger partial charge < -0.3 is 15.3 Å². The van der Waals surface area contributed by atoms with Gasteiger partial charge in [-0.1, -0.05) is 6.07 Å². The first kappa shape index (κ1) is 17.2. The molecule has 2 heterocycles. The first-order valence-electron chi connectivity index (χ1n) is 7.96. The van der Waals surface area contributed by atoms with Crippen LogP contribution < -0.4 is 5.32 Å². The Hall–Kier alpha value is -1.11. The Labute approximate surface area is 136 Å². The van der Waals surface area contributed by atoms with Gasteiger partial charge in [-0.25, -0.2) is 4.79 Å². The summed E-state index contributed by atoms with van der Waals surface area (Å²) in [5.74, 6) is 0.512. The number of urea groups is 1. The molecule has 0 bridgehead atoms. The van der Waals surface area contributed by atoms with Crippen molar-refractivity contribution in [2.45, 2.75) is 32.4 Å². The van der Waals surface area contributed by atoms with Crippen LogP contribution in [0.1, 0.15) is 24.6 Å². The van der Waals surface area contributed by atoms with Crippen LogP contribution in [0.3, 0.4) is 0 Å². The lowest BCUT2D eigenvalue weighted by Gasteiger charge is -2.33. The van der Waals surface area contributed by atoms with Crippen molar-refractivity contribution in [3.63, 3.8) is 0 Å². The second-order valence-corrected chi connectivity index (χ2v) is 7.27. The van der Waals surface area contributed by atoms with Crippen LogP contribution in [-0.2, 0) is 6.54 Å². The molecular weight excluding hydrogens is 298 g/mol. The number of carbonyl (C=O) groups excluding carboxylic acids is 1. The van der Waals surface area contributed by atoms with Gasteiger partial charge in [0.2, 0.25) is 0 Å². The summed E-state index contributed by atoms with van der Waals surface area (Å²) in [6.07, 6.45) is 1.86. The number of aliphatic hydroxyl groups is 1. The Balaban J connectivity index is 1.72. The summed E-state index contributed by atoms with van der Waals surface area (Å²) in [5, 5.41) is 14.4. The van der Waals surface area contributed by atoms with Crippen molar-refractivity contribution in [2.24, 2.45) is 5.92 Å². The van der Waals surface area contributed by atoms with Crippen LogP contribution in [0.4, 0.5) is 4.79 Å². The third kappa shape index (κ3) is 5.59. The Morgan fingerprint density at radius 1 is 1.64 bits per heavy atom. The maximum absolute atomic E-state index is 12.0. The normalized spacial score (nSPS) is 20.6. The maximum atomic E-state index is 12.0. The number of rotatable bonds is 6. The largest absolute Gasteiger partial charge is 0.392 e. The summed E-state index contributed by atoms with van der Waals surface area (Å²) < 4.78 is 0. The van der Waals surface area contributed by atoms with Gasteiger partial charge in [0.05, 0.1) is 6.10 Å². The molecule has 0 aromatic carbocycles. The first-order chi connectivity index (χ1) is 10.5. The van der Waals surface area contributed by atoms with E-state index in [0.29, 0.717) is 19.0 Å². The molecule has 0 aliphatic carbocycles. The van der Waals surface area contributed by atoms with E-state index in [1.807, 2.05) is 0 Å². The van der Waals surface area contributed by atoms with Crippen molar-refractivity contribution in [3.8, 4) is 0 Å². The second kappa shape index (κ2) is 8.50. The molecule has 0 saturated carbocycles. The van der Waals surface area contributed by atoms with E-state index in [4.69, 9.17) is 0 Å². The lowest BCUT2D eigenvalue weighted by Crippen LogP contribution is -2.45. The number of likely N-dealkylation sites (N-methyl/N-ethyl adjacent to an activating group) is 1. The average Bonchev–Trinajstić information content (AvgIpc) is 2.97. The summed E-state index contributed by atoms with van der Waals surface area (Å²) in [6.45, 7) is 5.96. The van der Waals surface area contributed by atoms with E-state index in [1.54, 1.807) is 25.3 Å². The van der Waals surface area contributed by atoms with Crippen LogP contribution in [0, 0.1) is 5.92 Å². The molecule has 2 atom stereocenters. The summed E-state index contributed by atoms with van der Waals surface area (Å²) in [6, 6.07) is 4.18. The zero-order chi connectivity index (χ0) is 15.9. The molecule has 1 aliphatic rings. The van der Waals surface area contributed by atoms with Crippen molar-refractivity contribution in [1.82, 2.24) is 15.1 Å². The van der Waals surface area contributed by atoms with Crippen molar-refractivity contribution >= 4 is 17.4 Å². The van der Waals surface area contributed by atoms with E-state index >= 15 is 0 Å². The van der Waals surface area contributed by atoms with Gasteiger partial charge in [-0.2, -0.15) is 0 Å². The number of piperidine rings is 1. The Morgan fingerprint density at radius 3 is 3.14 bits per heavy atom. The van der Waals surface area contributed by atoms with Crippen LogP contribution in [0.15, 0.2) is 17.5 Å². The fourth-order valence-corrected chi connectivity index (χ4v) is 3.68. The topological polar surface area (TPSA) is 55.8 Å². The molecule has 1 aliphatic heterocycles. The standard InChI is InChI=1S/C16H27N3O2S/c1-13(20)10-18(2)16(21)17-9-14-5-3-7-19(11-14)12-15-6-4-8-22-15/h4,6,8,13-14,20H,3,5,7,9-12H2,1-2H3,(H,17,21). The number of hydrogen-bond acceptors (Lipinski definition) is 4. The highest BCUT2D eigenvalue weighted by molar-refractivity contribution is 7.09. The van der Waals surface area contributed by atoms with E-state index in [1.165, 1.54) is 22.6 Å². The van der Waals surface area contributed by atoms with Crippen LogP contribution in [0.5, 0.6) is 0 Å². The SMILES string of the molecule is CC(O)CN(C)C(=O)NCC1CCCN(Cc2cccs2)C1.